The monoisotopic (exact) mass is 344 g/mol. The van der Waals surface area contributed by atoms with E-state index in [0.717, 1.165) is 0 Å². The SMILES string of the molecule is CC(C)(C)N1C(=O)c2ccc(NC(=O)Nc3nccs3)cc2C1=O. The number of rotatable bonds is 2. The van der Waals surface area contributed by atoms with Gasteiger partial charge in [0.25, 0.3) is 11.8 Å². The Balaban J connectivity index is 1.81. The first-order valence-corrected chi connectivity index (χ1v) is 8.16. The second-order valence-electron chi connectivity index (χ2n) is 6.29. The minimum absolute atomic E-state index is 0.293. The molecule has 0 aliphatic carbocycles. The van der Waals surface area contributed by atoms with Gasteiger partial charge in [0.05, 0.1) is 11.1 Å². The number of nitrogens with one attached hydrogen (secondary N) is 2. The van der Waals surface area contributed by atoms with Crippen LogP contribution in [0, 0.1) is 0 Å². The largest absolute Gasteiger partial charge is 0.325 e. The number of fused-ring (bicyclic) bond motifs is 1. The van der Waals surface area contributed by atoms with Gasteiger partial charge in [-0.05, 0) is 39.0 Å². The third-order valence-electron chi connectivity index (χ3n) is 3.47. The summed E-state index contributed by atoms with van der Waals surface area (Å²) < 4.78 is 0. The number of hydrogen-bond donors (Lipinski definition) is 2. The average Bonchev–Trinajstić information content (AvgIpc) is 3.06. The van der Waals surface area contributed by atoms with E-state index < -0.39 is 11.6 Å². The summed E-state index contributed by atoms with van der Waals surface area (Å²) in [6.45, 7) is 5.40. The van der Waals surface area contributed by atoms with E-state index in [0.29, 0.717) is 21.9 Å². The molecule has 0 bridgehead atoms. The molecular formula is C16H16N4O3S. The Bertz CT molecular complexity index is 824. The Kier molecular flexibility index (Phi) is 3.84. The lowest BCUT2D eigenvalue weighted by Gasteiger charge is -2.29. The quantitative estimate of drug-likeness (QED) is 0.819. The van der Waals surface area contributed by atoms with Crippen LogP contribution in [0.5, 0.6) is 0 Å². The van der Waals surface area contributed by atoms with E-state index in [1.54, 1.807) is 44.5 Å². The van der Waals surface area contributed by atoms with Gasteiger partial charge in [-0.15, -0.1) is 11.3 Å². The van der Waals surface area contributed by atoms with Crippen molar-refractivity contribution in [2.45, 2.75) is 26.3 Å². The van der Waals surface area contributed by atoms with Crippen LogP contribution in [0.4, 0.5) is 15.6 Å². The number of thiazole rings is 1. The molecular weight excluding hydrogens is 328 g/mol. The normalized spacial score (nSPS) is 13.9. The fraction of sp³-hybridized carbons (Fsp3) is 0.250. The lowest BCUT2D eigenvalue weighted by Crippen LogP contribution is -2.45. The molecule has 3 rings (SSSR count). The number of carbonyl (C=O) groups is 3. The second-order valence-corrected chi connectivity index (χ2v) is 7.19. The Labute approximate surface area is 142 Å². The number of imide groups is 1. The first kappa shape index (κ1) is 16.1. The van der Waals surface area contributed by atoms with Crippen molar-refractivity contribution in [1.82, 2.24) is 9.88 Å². The maximum Gasteiger partial charge on any atom is 0.325 e. The van der Waals surface area contributed by atoms with Gasteiger partial charge in [-0.1, -0.05) is 0 Å². The van der Waals surface area contributed by atoms with Crippen molar-refractivity contribution in [2.24, 2.45) is 0 Å². The maximum atomic E-state index is 12.5. The minimum Gasteiger partial charge on any atom is -0.308 e. The maximum absolute atomic E-state index is 12.5. The van der Waals surface area contributed by atoms with Crippen LogP contribution in [0.15, 0.2) is 29.8 Å². The van der Waals surface area contributed by atoms with Crippen molar-refractivity contribution in [3.05, 3.63) is 40.9 Å². The molecule has 2 aromatic rings. The van der Waals surface area contributed by atoms with Crippen LogP contribution < -0.4 is 10.6 Å². The van der Waals surface area contributed by atoms with E-state index in [9.17, 15) is 14.4 Å². The summed E-state index contributed by atoms with van der Waals surface area (Å²) in [5.41, 5.74) is 0.464. The predicted molar refractivity (Wildman–Crippen MR) is 91.5 cm³/mol. The molecule has 1 aliphatic heterocycles. The van der Waals surface area contributed by atoms with Crippen LogP contribution in [-0.2, 0) is 0 Å². The first-order valence-electron chi connectivity index (χ1n) is 7.28. The van der Waals surface area contributed by atoms with E-state index >= 15 is 0 Å². The van der Waals surface area contributed by atoms with Crippen LogP contribution in [-0.4, -0.2) is 33.3 Å². The molecule has 0 unspecified atom stereocenters. The van der Waals surface area contributed by atoms with Gasteiger partial charge in [0, 0.05) is 22.8 Å². The van der Waals surface area contributed by atoms with Crippen LogP contribution >= 0.6 is 11.3 Å². The Morgan fingerprint density at radius 3 is 2.46 bits per heavy atom. The van der Waals surface area contributed by atoms with Gasteiger partial charge < -0.3 is 5.32 Å². The van der Waals surface area contributed by atoms with E-state index in [-0.39, 0.29) is 11.8 Å². The van der Waals surface area contributed by atoms with Crippen molar-refractivity contribution in [2.75, 3.05) is 10.6 Å². The Morgan fingerprint density at radius 1 is 1.12 bits per heavy atom. The molecule has 7 nitrogen and oxygen atoms in total. The standard InChI is InChI=1S/C16H16N4O3S/c1-16(2,3)20-12(21)10-5-4-9(8-11(10)13(20)22)18-14(23)19-15-17-6-7-24-15/h4-8H,1-3H3,(H2,17,18,19,23). The van der Waals surface area contributed by atoms with Gasteiger partial charge in [-0.2, -0.15) is 0 Å². The molecule has 4 amide bonds. The van der Waals surface area contributed by atoms with Crippen LogP contribution in [0.25, 0.3) is 0 Å². The lowest BCUT2D eigenvalue weighted by molar-refractivity contribution is 0.0508. The van der Waals surface area contributed by atoms with Crippen LogP contribution in [0.2, 0.25) is 0 Å². The number of urea groups is 1. The number of benzene rings is 1. The summed E-state index contributed by atoms with van der Waals surface area (Å²) in [7, 11) is 0. The van der Waals surface area contributed by atoms with E-state index in [1.807, 2.05) is 0 Å². The number of aromatic nitrogens is 1. The summed E-state index contributed by atoms with van der Waals surface area (Å²) in [5.74, 6) is -0.673. The van der Waals surface area contributed by atoms with Gasteiger partial charge in [0.15, 0.2) is 5.13 Å². The zero-order valence-electron chi connectivity index (χ0n) is 13.4. The third-order valence-corrected chi connectivity index (χ3v) is 4.16. The van der Waals surface area contributed by atoms with E-state index in [1.165, 1.54) is 22.3 Å². The minimum atomic E-state index is -0.608. The average molecular weight is 344 g/mol. The number of hydrogen-bond acceptors (Lipinski definition) is 5. The Hall–Kier alpha value is -2.74. The Morgan fingerprint density at radius 2 is 1.83 bits per heavy atom. The molecule has 8 heteroatoms. The highest BCUT2D eigenvalue weighted by Crippen LogP contribution is 2.30. The number of carbonyl (C=O) groups excluding carboxylic acids is 3. The summed E-state index contributed by atoms with van der Waals surface area (Å²) >= 11 is 1.30. The van der Waals surface area contributed by atoms with Gasteiger partial charge >= 0.3 is 6.03 Å². The summed E-state index contributed by atoms with van der Waals surface area (Å²) in [4.78, 5) is 42.0. The zero-order chi connectivity index (χ0) is 17.5. The molecule has 0 spiro atoms. The fourth-order valence-corrected chi connectivity index (χ4v) is 3.00. The molecule has 0 saturated carbocycles. The van der Waals surface area contributed by atoms with Crippen molar-refractivity contribution < 1.29 is 14.4 Å². The lowest BCUT2D eigenvalue weighted by atomic mass is 10.1. The van der Waals surface area contributed by atoms with Crippen molar-refractivity contribution in [3.63, 3.8) is 0 Å². The van der Waals surface area contributed by atoms with Crippen molar-refractivity contribution in [3.8, 4) is 0 Å². The van der Waals surface area contributed by atoms with Gasteiger partial charge in [0.2, 0.25) is 0 Å². The van der Waals surface area contributed by atoms with Gasteiger partial charge in [-0.25, -0.2) is 9.78 Å². The topological polar surface area (TPSA) is 91.4 Å². The number of nitrogens with zero attached hydrogens (tertiary/aromatic N) is 2. The molecule has 2 heterocycles. The molecule has 0 saturated heterocycles. The molecule has 124 valence electrons. The van der Waals surface area contributed by atoms with Gasteiger partial charge in [-0.3, -0.25) is 19.8 Å². The molecule has 0 fully saturated rings. The number of anilines is 2. The van der Waals surface area contributed by atoms with E-state index in [4.69, 9.17) is 0 Å². The molecule has 1 aliphatic rings. The highest BCUT2D eigenvalue weighted by atomic mass is 32.1. The molecule has 0 radical (unpaired) electrons. The first-order chi connectivity index (χ1) is 11.3. The molecule has 0 atom stereocenters. The molecule has 2 N–H and O–H groups in total. The van der Waals surface area contributed by atoms with Crippen LogP contribution in [0.1, 0.15) is 41.5 Å². The fourth-order valence-electron chi connectivity index (χ4n) is 2.47. The van der Waals surface area contributed by atoms with Crippen LogP contribution in [0.3, 0.4) is 0 Å². The summed E-state index contributed by atoms with van der Waals surface area (Å²) in [6, 6.07) is 4.20. The summed E-state index contributed by atoms with van der Waals surface area (Å²) in [6.07, 6.45) is 1.58. The summed E-state index contributed by atoms with van der Waals surface area (Å²) in [5, 5.41) is 7.44. The molecule has 1 aromatic carbocycles. The number of amides is 4. The smallest absolute Gasteiger partial charge is 0.308 e. The highest BCUT2D eigenvalue weighted by molar-refractivity contribution is 7.13. The van der Waals surface area contributed by atoms with E-state index in [2.05, 4.69) is 15.6 Å². The third kappa shape index (κ3) is 2.88. The predicted octanol–water partition coefficient (Wildman–Crippen LogP) is 3.18. The highest BCUT2D eigenvalue weighted by Gasteiger charge is 2.41. The molecule has 1 aromatic heterocycles. The molecule has 24 heavy (non-hydrogen) atoms. The zero-order valence-corrected chi connectivity index (χ0v) is 14.2. The van der Waals surface area contributed by atoms with Gasteiger partial charge in [0.1, 0.15) is 0 Å². The second kappa shape index (κ2) is 5.72. The van der Waals surface area contributed by atoms with Crippen molar-refractivity contribution >= 4 is 40.0 Å². The van der Waals surface area contributed by atoms with Crippen molar-refractivity contribution in [1.29, 1.82) is 0 Å².